The van der Waals surface area contributed by atoms with Crippen molar-refractivity contribution in [2.24, 2.45) is 0 Å². The first-order valence-electron chi connectivity index (χ1n) is 13.2. The van der Waals surface area contributed by atoms with Crippen molar-refractivity contribution in [3.63, 3.8) is 0 Å². The van der Waals surface area contributed by atoms with Crippen LogP contribution >= 0.6 is 0 Å². The number of aliphatic hydroxyl groups excluding tert-OH is 1. The highest BCUT2D eigenvalue weighted by Crippen LogP contribution is 2.34. The van der Waals surface area contributed by atoms with E-state index in [1.54, 1.807) is 0 Å². The van der Waals surface area contributed by atoms with Gasteiger partial charge in [0.2, 0.25) is 5.95 Å². The number of aliphatic hydroxyl groups is 1. The van der Waals surface area contributed by atoms with E-state index in [2.05, 4.69) is 39.6 Å². The van der Waals surface area contributed by atoms with Crippen LogP contribution in [0.1, 0.15) is 61.1 Å². The number of benzene rings is 2. The van der Waals surface area contributed by atoms with Gasteiger partial charge in [-0.2, -0.15) is 4.98 Å². The molecule has 2 heterocycles. The minimum atomic E-state index is -0.535. The van der Waals surface area contributed by atoms with E-state index in [1.165, 1.54) is 12.1 Å². The molecule has 37 heavy (non-hydrogen) atoms. The van der Waals surface area contributed by atoms with Gasteiger partial charge in [0.1, 0.15) is 17.5 Å². The first kappa shape index (κ1) is 25.5. The molecule has 0 amide bonds. The van der Waals surface area contributed by atoms with Gasteiger partial charge in [0.25, 0.3) is 0 Å². The van der Waals surface area contributed by atoms with Crippen molar-refractivity contribution < 1.29 is 13.9 Å². The van der Waals surface area contributed by atoms with E-state index in [0.717, 1.165) is 80.3 Å². The highest BCUT2D eigenvalue weighted by Gasteiger charge is 2.26. The van der Waals surface area contributed by atoms with Gasteiger partial charge in [-0.3, -0.25) is 4.90 Å². The molecular weight excluding hydrogens is 472 g/mol. The van der Waals surface area contributed by atoms with Crippen molar-refractivity contribution in [2.75, 3.05) is 23.7 Å². The molecule has 196 valence electrons. The van der Waals surface area contributed by atoms with Crippen LogP contribution in [0.25, 0.3) is 0 Å². The van der Waals surface area contributed by atoms with Crippen LogP contribution in [0.3, 0.4) is 0 Å². The Balaban J connectivity index is 1.30. The average molecular weight is 508 g/mol. The zero-order valence-electron chi connectivity index (χ0n) is 21.3. The van der Waals surface area contributed by atoms with Crippen LogP contribution in [-0.2, 0) is 6.54 Å². The summed E-state index contributed by atoms with van der Waals surface area (Å²) in [6, 6.07) is 12.1. The molecule has 0 atom stereocenters. The number of halogens is 2. The summed E-state index contributed by atoms with van der Waals surface area (Å²) in [7, 11) is 0. The normalized spacial score (nSPS) is 21.1. The largest absolute Gasteiger partial charge is 0.393 e. The number of rotatable bonds is 7. The molecule has 8 heteroatoms. The SMILES string of the molecule is Cc1cccc(Nc2ncc(C3CCN(Cc4cc(F)cc(F)c4)CC3)c(NC3CCC(O)CC3)n2)c1. The molecule has 0 unspecified atom stereocenters. The van der Waals surface area contributed by atoms with Crippen LogP contribution in [0.4, 0.5) is 26.2 Å². The quantitative estimate of drug-likeness (QED) is 0.370. The Kier molecular flexibility index (Phi) is 7.96. The van der Waals surface area contributed by atoms with Gasteiger partial charge in [0.15, 0.2) is 0 Å². The molecule has 1 aliphatic carbocycles. The van der Waals surface area contributed by atoms with Gasteiger partial charge in [-0.05, 0) is 99.8 Å². The van der Waals surface area contributed by atoms with E-state index in [1.807, 2.05) is 18.3 Å². The zero-order valence-corrected chi connectivity index (χ0v) is 21.3. The maximum absolute atomic E-state index is 13.6. The van der Waals surface area contributed by atoms with Crippen LogP contribution in [-0.4, -0.2) is 45.2 Å². The van der Waals surface area contributed by atoms with Crippen molar-refractivity contribution in [1.29, 1.82) is 0 Å². The standard InChI is InChI=1S/C29H35F2N5O/c1-19-3-2-4-25(13-19)34-29-32-17-27(28(35-29)33-24-5-7-26(37)8-6-24)21-9-11-36(12-10-21)18-20-14-22(30)16-23(31)15-20/h2-4,13-17,21,24,26,37H,5-12,18H2,1H3,(H2,32,33,34,35). The van der Waals surface area contributed by atoms with Crippen molar-refractivity contribution in [3.05, 3.63) is 77.0 Å². The fourth-order valence-corrected chi connectivity index (χ4v) is 5.49. The second kappa shape index (κ2) is 11.5. The highest BCUT2D eigenvalue weighted by molar-refractivity contribution is 5.57. The number of nitrogens with zero attached hydrogens (tertiary/aromatic N) is 3. The second-order valence-corrected chi connectivity index (χ2v) is 10.5. The number of anilines is 3. The van der Waals surface area contributed by atoms with Crippen LogP contribution in [0.5, 0.6) is 0 Å². The Morgan fingerprint density at radius 3 is 2.41 bits per heavy atom. The molecule has 0 bridgehead atoms. The van der Waals surface area contributed by atoms with Gasteiger partial charge in [-0.15, -0.1) is 0 Å². The van der Waals surface area contributed by atoms with Crippen molar-refractivity contribution in [3.8, 4) is 0 Å². The summed E-state index contributed by atoms with van der Waals surface area (Å²) in [5.41, 5.74) is 3.88. The Morgan fingerprint density at radius 2 is 1.70 bits per heavy atom. The minimum Gasteiger partial charge on any atom is -0.393 e. The molecule has 6 nitrogen and oxygen atoms in total. The third-order valence-corrected chi connectivity index (χ3v) is 7.48. The Labute approximate surface area is 217 Å². The maximum Gasteiger partial charge on any atom is 0.229 e. The predicted molar refractivity (Wildman–Crippen MR) is 142 cm³/mol. The van der Waals surface area contributed by atoms with Crippen LogP contribution in [0.15, 0.2) is 48.7 Å². The third kappa shape index (κ3) is 6.81. The topological polar surface area (TPSA) is 73.3 Å². The average Bonchev–Trinajstić information content (AvgIpc) is 2.86. The fourth-order valence-electron chi connectivity index (χ4n) is 5.49. The van der Waals surface area contributed by atoms with Gasteiger partial charge in [-0.25, -0.2) is 13.8 Å². The van der Waals surface area contributed by atoms with Crippen molar-refractivity contribution in [1.82, 2.24) is 14.9 Å². The number of nitrogens with one attached hydrogen (secondary N) is 2. The van der Waals surface area contributed by atoms with Gasteiger partial charge >= 0.3 is 0 Å². The van der Waals surface area contributed by atoms with E-state index in [9.17, 15) is 13.9 Å². The van der Waals surface area contributed by atoms with Gasteiger partial charge in [-0.1, -0.05) is 12.1 Å². The lowest BCUT2D eigenvalue weighted by molar-refractivity contribution is 0.126. The van der Waals surface area contributed by atoms with E-state index in [4.69, 9.17) is 4.98 Å². The van der Waals surface area contributed by atoms with Crippen molar-refractivity contribution >= 4 is 17.5 Å². The number of aryl methyl sites for hydroxylation is 1. The van der Waals surface area contributed by atoms with Gasteiger partial charge in [0, 0.05) is 36.1 Å². The van der Waals surface area contributed by atoms with E-state index in [0.29, 0.717) is 24.0 Å². The summed E-state index contributed by atoms with van der Waals surface area (Å²) < 4.78 is 27.2. The molecule has 3 N–H and O–H groups in total. The first-order chi connectivity index (χ1) is 17.9. The summed E-state index contributed by atoms with van der Waals surface area (Å²) in [6.07, 6.45) is 6.98. The molecule has 5 rings (SSSR count). The predicted octanol–water partition coefficient (Wildman–Crippen LogP) is 5.90. The molecule has 0 radical (unpaired) electrons. The molecule has 1 saturated carbocycles. The van der Waals surface area contributed by atoms with Crippen LogP contribution in [0.2, 0.25) is 0 Å². The molecular formula is C29H35F2N5O. The Hall–Kier alpha value is -3.10. The Bertz CT molecular complexity index is 1190. The number of aromatic nitrogens is 2. The highest BCUT2D eigenvalue weighted by atomic mass is 19.1. The van der Waals surface area contributed by atoms with Crippen LogP contribution in [0, 0.1) is 18.6 Å². The van der Waals surface area contributed by atoms with E-state index < -0.39 is 11.6 Å². The fraction of sp³-hybridized carbons (Fsp3) is 0.448. The minimum absolute atomic E-state index is 0.211. The molecule has 2 fully saturated rings. The van der Waals surface area contributed by atoms with E-state index in [-0.39, 0.29) is 12.1 Å². The summed E-state index contributed by atoms with van der Waals surface area (Å²) in [4.78, 5) is 11.8. The lowest BCUT2D eigenvalue weighted by atomic mass is 9.89. The van der Waals surface area contributed by atoms with Crippen molar-refractivity contribution in [2.45, 2.75) is 70.1 Å². The third-order valence-electron chi connectivity index (χ3n) is 7.48. The summed E-state index contributed by atoms with van der Waals surface area (Å²) in [5, 5.41) is 16.9. The molecule has 0 spiro atoms. The number of hydrogen-bond donors (Lipinski definition) is 3. The lowest BCUT2D eigenvalue weighted by Gasteiger charge is -2.33. The molecule has 2 aromatic carbocycles. The zero-order chi connectivity index (χ0) is 25.8. The lowest BCUT2D eigenvalue weighted by Crippen LogP contribution is -2.33. The summed E-state index contributed by atoms with van der Waals surface area (Å²) in [5.74, 6) is 0.639. The maximum atomic E-state index is 13.6. The number of likely N-dealkylation sites (tertiary alicyclic amines) is 1. The van der Waals surface area contributed by atoms with Crippen LogP contribution < -0.4 is 10.6 Å². The molecule has 1 saturated heterocycles. The first-order valence-corrected chi connectivity index (χ1v) is 13.2. The molecule has 3 aromatic rings. The number of piperidine rings is 1. The second-order valence-electron chi connectivity index (χ2n) is 10.5. The van der Waals surface area contributed by atoms with Gasteiger partial charge < -0.3 is 15.7 Å². The van der Waals surface area contributed by atoms with E-state index >= 15 is 0 Å². The molecule has 2 aliphatic rings. The summed E-state index contributed by atoms with van der Waals surface area (Å²) >= 11 is 0. The molecule has 1 aliphatic heterocycles. The summed E-state index contributed by atoms with van der Waals surface area (Å²) in [6.45, 7) is 4.26. The van der Waals surface area contributed by atoms with Gasteiger partial charge in [0.05, 0.1) is 6.10 Å². The number of hydrogen-bond acceptors (Lipinski definition) is 6. The Morgan fingerprint density at radius 1 is 0.973 bits per heavy atom. The monoisotopic (exact) mass is 507 g/mol. The smallest absolute Gasteiger partial charge is 0.229 e. The molecule has 1 aromatic heterocycles.